The first kappa shape index (κ1) is 8.85. The van der Waals surface area contributed by atoms with Gasteiger partial charge in [0, 0.05) is 10.1 Å². The minimum Gasteiger partial charge on any atom is -0.495 e. The predicted molar refractivity (Wildman–Crippen MR) is 58.1 cm³/mol. The van der Waals surface area contributed by atoms with E-state index >= 15 is 0 Å². The molecule has 0 atom stereocenters. The van der Waals surface area contributed by atoms with Gasteiger partial charge in [-0.05, 0) is 18.6 Å². The molecule has 0 saturated heterocycles. The number of benzene rings is 1. The summed E-state index contributed by atoms with van der Waals surface area (Å²) in [5.74, 6) is 0.869. The normalized spacial score (nSPS) is 10.7. The van der Waals surface area contributed by atoms with Crippen LogP contribution >= 0.6 is 22.9 Å². The van der Waals surface area contributed by atoms with Gasteiger partial charge in [-0.15, -0.1) is 11.3 Å². The molecule has 1 heterocycles. The molecule has 0 aliphatic carbocycles. The number of thiophene rings is 1. The Labute approximate surface area is 85.9 Å². The lowest BCUT2D eigenvalue weighted by Crippen LogP contribution is -1.80. The number of ether oxygens (including phenoxy) is 1. The van der Waals surface area contributed by atoms with Crippen LogP contribution < -0.4 is 4.74 Å². The van der Waals surface area contributed by atoms with Gasteiger partial charge in [0.2, 0.25) is 0 Å². The van der Waals surface area contributed by atoms with E-state index in [1.54, 1.807) is 18.4 Å². The van der Waals surface area contributed by atoms with Crippen LogP contribution in [-0.2, 0) is 0 Å². The molecule has 0 spiro atoms. The fraction of sp³-hybridized carbons (Fsp3) is 0.200. The van der Waals surface area contributed by atoms with E-state index in [1.165, 1.54) is 10.3 Å². The van der Waals surface area contributed by atoms with Crippen LogP contribution in [-0.4, -0.2) is 7.11 Å². The highest BCUT2D eigenvalue weighted by Crippen LogP contribution is 2.38. The van der Waals surface area contributed by atoms with Gasteiger partial charge in [0.05, 0.1) is 17.5 Å². The Morgan fingerprint density at radius 3 is 2.85 bits per heavy atom. The van der Waals surface area contributed by atoms with Crippen LogP contribution in [0.15, 0.2) is 17.5 Å². The molecule has 3 heteroatoms. The molecule has 1 nitrogen and oxygen atoms in total. The zero-order chi connectivity index (χ0) is 9.42. The number of aryl methyl sites for hydroxylation is 1. The van der Waals surface area contributed by atoms with Crippen molar-refractivity contribution in [2.75, 3.05) is 7.11 Å². The van der Waals surface area contributed by atoms with Crippen molar-refractivity contribution in [1.29, 1.82) is 0 Å². The van der Waals surface area contributed by atoms with Crippen molar-refractivity contribution in [2.45, 2.75) is 6.92 Å². The summed E-state index contributed by atoms with van der Waals surface area (Å²) >= 11 is 7.75. The maximum absolute atomic E-state index is 6.08. The minimum atomic E-state index is 0.763. The van der Waals surface area contributed by atoms with E-state index in [-0.39, 0.29) is 0 Å². The summed E-state index contributed by atoms with van der Waals surface area (Å²) in [6.07, 6.45) is 0. The van der Waals surface area contributed by atoms with E-state index in [1.807, 2.05) is 17.5 Å². The molecule has 0 amide bonds. The van der Waals surface area contributed by atoms with E-state index in [0.717, 1.165) is 16.2 Å². The quantitative estimate of drug-likeness (QED) is 0.697. The van der Waals surface area contributed by atoms with Gasteiger partial charge in [0.15, 0.2) is 0 Å². The second-order valence-electron chi connectivity index (χ2n) is 2.87. The number of rotatable bonds is 1. The van der Waals surface area contributed by atoms with E-state index in [4.69, 9.17) is 16.3 Å². The SMILES string of the molecule is COc1csc2c(C)ccc(Cl)c12. The molecule has 2 rings (SSSR count). The average molecular weight is 213 g/mol. The van der Waals surface area contributed by atoms with E-state index in [0.29, 0.717) is 0 Å². The lowest BCUT2D eigenvalue weighted by molar-refractivity contribution is 0.421. The smallest absolute Gasteiger partial charge is 0.138 e. The Bertz CT molecular complexity index is 447. The molecule has 0 saturated carbocycles. The average Bonchev–Trinajstić information content (AvgIpc) is 2.56. The second kappa shape index (κ2) is 3.20. The molecule has 1 aromatic heterocycles. The Morgan fingerprint density at radius 1 is 1.38 bits per heavy atom. The van der Waals surface area contributed by atoms with Gasteiger partial charge in [-0.2, -0.15) is 0 Å². The highest BCUT2D eigenvalue weighted by atomic mass is 35.5. The van der Waals surface area contributed by atoms with Gasteiger partial charge < -0.3 is 4.74 Å². The summed E-state index contributed by atoms with van der Waals surface area (Å²) in [5.41, 5.74) is 1.24. The Kier molecular flexibility index (Phi) is 2.18. The first-order valence-corrected chi connectivity index (χ1v) is 5.20. The standard InChI is InChI=1S/C10H9ClOS/c1-6-3-4-7(11)9-8(12-2)5-13-10(6)9/h3-5H,1-2H3. The highest BCUT2D eigenvalue weighted by Gasteiger charge is 2.09. The van der Waals surface area contributed by atoms with Crippen LogP contribution in [0.25, 0.3) is 10.1 Å². The molecule has 68 valence electrons. The predicted octanol–water partition coefficient (Wildman–Crippen LogP) is 3.87. The first-order chi connectivity index (χ1) is 6.24. The monoisotopic (exact) mass is 212 g/mol. The Morgan fingerprint density at radius 2 is 2.15 bits per heavy atom. The Balaban J connectivity index is 2.87. The van der Waals surface area contributed by atoms with Crippen LogP contribution in [0.2, 0.25) is 5.02 Å². The van der Waals surface area contributed by atoms with E-state index < -0.39 is 0 Å². The second-order valence-corrected chi connectivity index (χ2v) is 4.16. The maximum Gasteiger partial charge on any atom is 0.138 e. The molecule has 2 aromatic rings. The molecule has 0 aliphatic rings. The zero-order valence-electron chi connectivity index (χ0n) is 7.43. The van der Waals surface area contributed by atoms with Gasteiger partial charge >= 0.3 is 0 Å². The molecular formula is C10H9ClOS. The van der Waals surface area contributed by atoms with Crippen molar-refractivity contribution in [1.82, 2.24) is 0 Å². The summed E-state index contributed by atoms with van der Waals surface area (Å²) in [6.45, 7) is 2.08. The summed E-state index contributed by atoms with van der Waals surface area (Å²) in [6, 6.07) is 3.94. The third-order valence-corrected chi connectivity index (χ3v) is 3.46. The summed E-state index contributed by atoms with van der Waals surface area (Å²) in [4.78, 5) is 0. The van der Waals surface area contributed by atoms with Crippen LogP contribution in [0.3, 0.4) is 0 Å². The summed E-state index contributed by atoms with van der Waals surface area (Å²) < 4.78 is 6.44. The van der Waals surface area contributed by atoms with Gasteiger partial charge in [-0.1, -0.05) is 17.7 Å². The molecule has 0 N–H and O–H groups in total. The van der Waals surface area contributed by atoms with Crippen molar-refractivity contribution in [3.05, 3.63) is 28.1 Å². The summed E-state index contributed by atoms with van der Waals surface area (Å²) in [7, 11) is 1.67. The Hall–Kier alpha value is -0.730. The topological polar surface area (TPSA) is 9.23 Å². The van der Waals surface area contributed by atoms with Crippen LogP contribution in [0.5, 0.6) is 5.75 Å². The maximum atomic E-state index is 6.08. The number of halogens is 1. The highest BCUT2D eigenvalue weighted by molar-refractivity contribution is 7.17. The molecule has 0 radical (unpaired) electrons. The number of fused-ring (bicyclic) bond motifs is 1. The van der Waals surface area contributed by atoms with Crippen molar-refractivity contribution in [2.24, 2.45) is 0 Å². The number of hydrogen-bond acceptors (Lipinski definition) is 2. The van der Waals surface area contributed by atoms with Crippen LogP contribution in [0.4, 0.5) is 0 Å². The number of methoxy groups -OCH3 is 1. The fourth-order valence-electron chi connectivity index (χ4n) is 1.37. The van der Waals surface area contributed by atoms with Crippen molar-refractivity contribution in [3.8, 4) is 5.75 Å². The van der Waals surface area contributed by atoms with Crippen LogP contribution in [0, 0.1) is 6.92 Å². The van der Waals surface area contributed by atoms with Crippen molar-refractivity contribution in [3.63, 3.8) is 0 Å². The minimum absolute atomic E-state index is 0.763. The largest absolute Gasteiger partial charge is 0.495 e. The van der Waals surface area contributed by atoms with Gasteiger partial charge in [0.1, 0.15) is 5.75 Å². The third kappa shape index (κ3) is 1.30. The molecule has 1 aromatic carbocycles. The van der Waals surface area contributed by atoms with Gasteiger partial charge in [0.25, 0.3) is 0 Å². The van der Waals surface area contributed by atoms with Crippen molar-refractivity contribution >= 4 is 33.0 Å². The molecule has 0 fully saturated rings. The third-order valence-electron chi connectivity index (χ3n) is 2.05. The molecule has 13 heavy (non-hydrogen) atoms. The van der Waals surface area contributed by atoms with Crippen LogP contribution in [0.1, 0.15) is 5.56 Å². The molecular weight excluding hydrogens is 204 g/mol. The number of hydrogen-bond donors (Lipinski definition) is 0. The van der Waals surface area contributed by atoms with Crippen molar-refractivity contribution < 1.29 is 4.74 Å². The van der Waals surface area contributed by atoms with Gasteiger partial charge in [-0.25, -0.2) is 0 Å². The zero-order valence-corrected chi connectivity index (χ0v) is 9.00. The van der Waals surface area contributed by atoms with E-state index in [9.17, 15) is 0 Å². The van der Waals surface area contributed by atoms with E-state index in [2.05, 4.69) is 6.92 Å². The lowest BCUT2D eigenvalue weighted by Gasteiger charge is -2.00. The molecule has 0 bridgehead atoms. The molecule has 0 aliphatic heterocycles. The first-order valence-electron chi connectivity index (χ1n) is 3.94. The fourth-order valence-corrected chi connectivity index (χ4v) is 2.69. The van der Waals surface area contributed by atoms with Gasteiger partial charge in [-0.3, -0.25) is 0 Å². The lowest BCUT2D eigenvalue weighted by atomic mass is 10.2. The molecule has 0 unspecified atom stereocenters. The summed E-state index contributed by atoms with van der Waals surface area (Å²) in [5, 5.41) is 3.79.